The molecule has 0 aromatic carbocycles. The van der Waals surface area contributed by atoms with Gasteiger partial charge in [-0.2, -0.15) is 0 Å². The zero-order valence-electron chi connectivity index (χ0n) is 6.31. The molecule has 0 saturated heterocycles. The van der Waals surface area contributed by atoms with Crippen molar-refractivity contribution in [3.63, 3.8) is 0 Å². The van der Waals surface area contributed by atoms with Crippen LogP contribution in [0.4, 0.5) is 0 Å². The lowest BCUT2D eigenvalue weighted by Crippen LogP contribution is -2.19. The number of aliphatic carboxylic acids is 1. The summed E-state index contributed by atoms with van der Waals surface area (Å²) in [7, 11) is 0. The van der Waals surface area contributed by atoms with Crippen molar-refractivity contribution in [2.75, 3.05) is 0 Å². The predicted molar refractivity (Wildman–Crippen MR) is 48.9 cm³/mol. The van der Waals surface area contributed by atoms with Crippen LogP contribution in [0.1, 0.15) is 0 Å². The SMILES string of the molecule is O=C(O)C1=CC=CC2SC=CC12. The van der Waals surface area contributed by atoms with Crippen molar-refractivity contribution < 1.29 is 9.90 Å². The Hall–Kier alpha value is -0.960. The zero-order valence-corrected chi connectivity index (χ0v) is 7.12. The highest BCUT2D eigenvalue weighted by atomic mass is 32.2. The largest absolute Gasteiger partial charge is 0.478 e. The molecule has 2 nitrogen and oxygen atoms in total. The Kier molecular flexibility index (Phi) is 1.81. The van der Waals surface area contributed by atoms with Crippen molar-refractivity contribution in [1.29, 1.82) is 0 Å². The normalized spacial score (nSPS) is 31.5. The Bertz CT molecular complexity index is 302. The van der Waals surface area contributed by atoms with Gasteiger partial charge in [0.05, 0.1) is 0 Å². The van der Waals surface area contributed by atoms with E-state index in [1.807, 2.05) is 23.6 Å². The summed E-state index contributed by atoms with van der Waals surface area (Å²) in [5.74, 6) is -0.723. The first-order valence-electron chi connectivity index (χ1n) is 3.73. The van der Waals surface area contributed by atoms with Crippen LogP contribution in [-0.4, -0.2) is 16.3 Å². The fourth-order valence-electron chi connectivity index (χ4n) is 1.45. The highest BCUT2D eigenvalue weighted by molar-refractivity contribution is 8.03. The minimum absolute atomic E-state index is 0.0810. The average molecular weight is 180 g/mol. The lowest BCUT2D eigenvalue weighted by atomic mass is 9.91. The minimum atomic E-state index is -0.804. The van der Waals surface area contributed by atoms with Gasteiger partial charge in [0.2, 0.25) is 0 Å². The number of carboxylic acid groups (broad SMARTS) is 1. The summed E-state index contributed by atoms with van der Waals surface area (Å²) in [5.41, 5.74) is 0.503. The van der Waals surface area contributed by atoms with E-state index in [1.165, 1.54) is 0 Å². The molecule has 3 heteroatoms. The number of rotatable bonds is 1. The van der Waals surface area contributed by atoms with Crippen molar-refractivity contribution in [3.8, 4) is 0 Å². The van der Waals surface area contributed by atoms with Gasteiger partial charge in [-0.05, 0) is 5.41 Å². The molecule has 0 aromatic rings. The maximum atomic E-state index is 10.8. The smallest absolute Gasteiger partial charge is 0.332 e. The molecule has 2 unspecified atom stereocenters. The summed E-state index contributed by atoms with van der Waals surface area (Å²) in [6.07, 6.45) is 7.50. The third kappa shape index (κ3) is 1.10. The second kappa shape index (κ2) is 2.83. The fraction of sp³-hybridized carbons (Fsp3) is 0.222. The molecule has 0 bridgehead atoms. The van der Waals surface area contributed by atoms with Crippen molar-refractivity contribution in [2.24, 2.45) is 5.92 Å². The van der Waals surface area contributed by atoms with Crippen LogP contribution in [0.2, 0.25) is 0 Å². The van der Waals surface area contributed by atoms with Gasteiger partial charge >= 0.3 is 5.97 Å². The maximum Gasteiger partial charge on any atom is 0.332 e. The molecule has 1 aliphatic carbocycles. The number of hydrogen-bond acceptors (Lipinski definition) is 2. The van der Waals surface area contributed by atoms with E-state index in [2.05, 4.69) is 0 Å². The topological polar surface area (TPSA) is 37.3 Å². The van der Waals surface area contributed by atoms with E-state index in [9.17, 15) is 4.79 Å². The molecule has 1 N–H and O–H groups in total. The molecule has 12 heavy (non-hydrogen) atoms. The molecular formula is C9H8O2S. The van der Waals surface area contributed by atoms with Crippen LogP contribution in [-0.2, 0) is 4.79 Å². The van der Waals surface area contributed by atoms with E-state index in [0.717, 1.165) is 0 Å². The number of carboxylic acids is 1. The zero-order chi connectivity index (χ0) is 8.55. The molecule has 0 amide bonds. The molecule has 0 aromatic heterocycles. The first kappa shape index (κ1) is 7.68. The Labute approximate surface area is 74.7 Å². The second-order valence-corrected chi connectivity index (χ2v) is 3.86. The quantitative estimate of drug-likeness (QED) is 0.668. The van der Waals surface area contributed by atoms with Crippen LogP contribution < -0.4 is 0 Å². The number of carbonyl (C=O) groups is 1. The fourth-order valence-corrected chi connectivity index (χ4v) is 2.48. The molecule has 1 heterocycles. The highest BCUT2D eigenvalue weighted by Gasteiger charge is 2.29. The molecule has 62 valence electrons. The lowest BCUT2D eigenvalue weighted by molar-refractivity contribution is -0.133. The lowest BCUT2D eigenvalue weighted by Gasteiger charge is -2.18. The third-order valence-corrected chi connectivity index (χ3v) is 3.14. The van der Waals surface area contributed by atoms with Crippen LogP contribution in [0.15, 0.2) is 35.3 Å². The van der Waals surface area contributed by atoms with E-state index in [1.54, 1.807) is 17.8 Å². The van der Waals surface area contributed by atoms with Gasteiger partial charge in [-0.1, -0.05) is 24.3 Å². The van der Waals surface area contributed by atoms with Crippen LogP contribution in [0.5, 0.6) is 0 Å². The first-order chi connectivity index (χ1) is 5.79. The van der Waals surface area contributed by atoms with Crippen molar-refractivity contribution in [3.05, 3.63) is 35.3 Å². The van der Waals surface area contributed by atoms with Crippen LogP contribution in [0, 0.1) is 5.92 Å². The summed E-state index contributed by atoms with van der Waals surface area (Å²) >= 11 is 1.68. The van der Waals surface area contributed by atoms with Crippen LogP contribution >= 0.6 is 11.8 Å². The van der Waals surface area contributed by atoms with Gasteiger partial charge in [0, 0.05) is 16.7 Å². The van der Waals surface area contributed by atoms with Gasteiger partial charge in [-0.25, -0.2) is 4.79 Å². The van der Waals surface area contributed by atoms with Gasteiger partial charge in [0.25, 0.3) is 0 Å². The van der Waals surface area contributed by atoms with Gasteiger partial charge in [0.15, 0.2) is 0 Å². The Morgan fingerprint density at radius 2 is 2.33 bits per heavy atom. The van der Waals surface area contributed by atoms with E-state index in [4.69, 9.17) is 5.11 Å². The standard InChI is InChI=1S/C9H8O2S/c10-9(11)7-2-1-3-8-6(7)4-5-12-8/h1-6,8H,(H,10,11). The second-order valence-electron chi connectivity index (χ2n) is 2.77. The monoisotopic (exact) mass is 180 g/mol. The molecule has 2 atom stereocenters. The molecular weight excluding hydrogens is 172 g/mol. The Balaban J connectivity index is 2.32. The van der Waals surface area contributed by atoms with Gasteiger partial charge in [-0.3, -0.25) is 0 Å². The van der Waals surface area contributed by atoms with Crippen molar-refractivity contribution >= 4 is 17.7 Å². The maximum absolute atomic E-state index is 10.8. The molecule has 0 spiro atoms. The molecule has 0 fully saturated rings. The first-order valence-corrected chi connectivity index (χ1v) is 4.67. The molecule has 2 aliphatic rings. The van der Waals surface area contributed by atoms with E-state index in [-0.39, 0.29) is 5.92 Å². The van der Waals surface area contributed by atoms with Gasteiger partial charge in [-0.15, -0.1) is 11.8 Å². The molecule has 2 rings (SSSR count). The summed E-state index contributed by atoms with van der Waals surface area (Å²) in [4.78, 5) is 10.8. The summed E-state index contributed by atoms with van der Waals surface area (Å²) in [5, 5.41) is 11.1. The summed E-state index contributed by atoms with van der Waals surface area (Å²) < 4.78 is 0. The predicted octanol–water partition coefficient (Wildman–Crippen LogP) is 1.81. The number of allylic oxidation sites excluding steroid dienone is 3. The van der Waals surface area contributed by atoms with Gasteiger partial charge in [0.1, 0.15) is 0 Å². The molecule has 0 saturated carbocycles. The summed E-state index contributed by atoms with van der Waals surface area (Å²) in [6.45, 7) is 0. The highest BCUT2D eigenvalue weighted by Crippen LogP contribution is 2.37. The van der Waals surface area contributed by atoms with Crippen LogP contribution in [0.3, 0.4) is 0 Å². The van der Waals surface area contributed by atoms with E-state index >= 15 is 0 Å². The van der Waals surface area contributed by atoms with Crippen molar-refractivity contribution in [1.82, 2.24) is 0 Å². The third-order valence-electron chi connectivity index (χ3n) is 2.06. The van der Waals surface area contributed by atoms with E-state index < -0.39 is 5.97 Å². The van der Waals surface area contributed by atoms with Crippen LogP contribution in [0.25, 0.3) is 0 Å². The molecule has 0 radical (unpaired) electrons. The van der Waals surface area contributed by atoms with Gasteiger partial charge < -0.3 is 5.11 Å². The van der Waals surface area contributed by atoms with E-state index in [0.29, 0.717) is 10.8 Å². The summed E-state index contributed by atoms with van der Waals surface area (Å²) in [6, 6.07) is 0. The Morgan fingerprint density at radius 3 is 3.08 bits per heavy atom. The number of hydrogen-bond donors (Lipinski definition) is 1. The van der Waals surface area contributed by atoms with Crippen molar-refractivity contribution in [2.45, 2.75) is 5.25 Å². The Morgan fingerprint density at radius 1 is 1.50 bits per heavy atom. The minimum Gasteiger partial charge on any atom is -0.478 e. The number of fused-ring (bicyclic) bond motifs is 1. The molecule has 1 aliphatic heterocycles. The average Bonchev–Trinajstić information content (AvgIpc) is 2.49. The number of thioether (sulfide) groups is 1.